The van der Waals surface area contributed by atoms with Crippen LogP contribution in [0.4, 0.5) is 8.78 Å². The van der Waals surface area contributed by atoms with Crippen molar-refractivity contribution in [1.29, 1.82) is 0 Å². The van der Waals surface area contributed by atoms with Gasteiger partial charge in [0.1, 0.15) is 0 Å². The van der Waals surface area contributed by atoms with Crippen LogP contribution in [0.3, 0.4) is 0 Å². The first-order chi connectivity index (χ1) is 6.20. The lowest BCUT2D eigenvalue weighted by molar-refractivity contribution is 0.142. The van der Waals surface area contributed by atoms with Crippen LogP contribution in [0.2, 0.25) is 0 Å². The SMILES string of the molecule is C[C@@H](NCC(F)F)c1ccccc1. The first-order valence-electron chi connectivity index (χ1n) is 4.26. The Morgan fingerprint density at radius 1 is 1.23 bits per heavy atom. The van der Waals surface area contributed by atoms with E-state index in [4.69, 9.17) is 0 Å². The van der Waals surface area contributed by atoms with Gasteiger partial charge in [-0.2, -0.15) is 0 Å². The molecule has 0 bridgehead atoms. The van der Waals surface area contributed by atoms with Gasteiger partial charge in [0.25, 0.3) is 6.43 Å². The molecule has 1 N–H and O–H groups in total. The Kier molecular flexibility index (Phi) is 3.83. The van der Waals surface area contributed by atoms with Crippen molar-refractivity contribution in [3.63, 3.8) is 0 Å². The van der Waals surface area contributed by atoms with Crippen LogP contribution < -0.4 is 5.32 Å². The van der Waals surface area contributed by atoms with Gasteiger partial charge in [-0.1, -0.05) is 30.3 Å². The topological polar surface area (TPSA) is 12.0 Å². The van der Waals surface area contributed by atoms with Crippen LogP contribution in [-0.2, 0) is 0 Å². The molecule has 1 aromatic carbocycles. The standard InChI is InChI=1S/C10H13F2N/c1-8(13-7-10(11)12)9-5-3-2-4-6-9/h2-6,8,10,13H,7H2,1H3/t8-/m1/s1. The van der Waals surface area contributed by atoms with E-state index in [1.54, 1.807) is 0 Å². The molecule has 0 fully saturated rings. The summed E-state index contributed by atoms with van der Waals surface area (Å²) in [4.78, 5) is 0. The summed E-state index contributed by atoms with van der Waals surface area (Å²) in [6.07, 6.45) is -2.29. The normalized spacial score (nSPS) is 13.2. The minimum Gasteiger partial charge on any atom is -0.305 e. The highest BCUT2D eigenvalue weighted by atomic mass is 19.3. The van der Waals surface area contributed by atoms with Crippen LogP contribution in [0.25, 0.3) is 0 Å². The zero-order chi connectivity index (χ0) is 9.68. The molecule has 0 radical (unpaired) electrons. The van der Waals surface area contributed by atoms with Crippen LogP contribution in [0.5, 0.6) is 0 Å². The van der Waals surface area contributed by atoms with Crippen molar-refractivity contribution < 1.29 is 8.78 Å². The van der Waals surface area contributed by atoms with Gasteiger partial charge in [0.2, 0.25) is 0 Å². The van der Waals surface area contributed by atoms with E-state index in [0.29, 0.717) is 0 Å². The zero-order valence-corrected chi connectivity index (χ0v) is 7.50. The predicted molar refractivity (Wildman–Crippen MR) is 48.9 cm³/mol. The van der Waals surface area contributed by atoms with Gasteiger partial charge in [0.15, 0.2) is 0 Å². The van der Waals surface area contributed by atoms with E-state index in [2.05, 4.69) is 5.32 Å². The van der Waals surface area contributed by atoms with Crippen molar-refractivity contribution in [1.82, 2.24) is 5.32 Å². The molecule has 0 aliphatic heterocycles. The fourth-order valence-electron chi connectivity index (χ4n) is 1.13. The van der Waals surface area contributed by atoms with Gasteiger partial charge < -0.3 is 5.32 Å². The average molecular weight is 185 g/mol. The van der Waals surface area contributed by atoms with Gasteiger partial charge in [-0.05, 0) is 12.5 Å². The molecule has 0 aliphatic rings. The van der Waals surface area contributed by atoms with Crippen LogP contribution in [0.15, 0.2) is 30.3 Å². The molecule has 0 saturated heterocycles. The monoisotopic (exact) mass is 185 g/mol. The molecule has 1 rings (SSSR count). The second kappa shape index (κ2) is 4.92. The number of hydrogen-bond donors (Lipinski definition) is 1. The highest BCUT2D eigenvalue weighted by molar-refractivity contribution is 5.17. The third-order valence-corrected chi connectivity index (χ3v) is 1.88. The van der Waals surface area contributed by atoms with E-state index < -0.39 is 6.43 Å². The Hall–Kier alpha value is -0.960. The molecular formula is C10H13F2N. The number of rotatable bonds is 4. The van der Waals surface area contributed by atoms with E-state index in [1.165, 1.54) is 0 Å². The Balaban J connectivity index is 2.44. The van der Waals surface area contributed by atoms with E-state index in [0.717, 1.165) is 5.56 Å². The first-order valence-corrected chi connectivity index (χ1v) is 4.26. The molecule has 0 saturated carbocycles. The number of alkyl halides is 2. The van der Waals surface area contributed by atoms with E-state index in [1.807, 2.05) is 37.3 Å². The summed E-state index contributed by atoms with van der Waals surface area (Å²) < 4.78 is 23.7. The van der Waals surface area contributed by atoms with Gasteiger partial charge in [-0.15, -0.1) is 0 Å². The molecule has 13 heavy (non-hydrogen) atoms. The van der Waals surface area contributed by atoms with Crippen molar-refractivity contribution in [3.8, 4) is 0 Å². The zero-order valence-electron chi connectivity index (χ0n) is 7.50. The van der Waals surface area contributed by atoms with E-state index >= 15 is 0 Å². The lowest BCUT2D eigenvalue weighted by atomic mass is 10.1. The quantitative estimate of drug-likeness (QED) is 0.760. The fraction of sp³-hybridized carbons (Fsp3) is 0.400. The van der Waals surface area contributed by atoms with Crippen LogP contribution >= 0.6 is 0 Å². The highest BCUT2D eigenvalue weighted by Gasteiger charge is 2.07. The Labute approximate surface area is 76.8 Å². The Morgan fingerprint density at radius 2 is 1.85 bits per heavy atom. The summed E-state index contributed by atoms with van der Waals surface area (Å²) in [7, 11) is 0. The van der Waals surface area contributed by atoms with Crippen LogP contribution in [-0.4, -0.2) is 13.0 Å². The molecule has 1 atom stereocenters. The summed E-state index contributed by atoms with van der Waals surface area (Å²) in [5, 5.41) is 2.75. The van der Waals surface area contributed by atoms with Crippen LogP contribution in [0, 0.1) is 0 Å². The number of benzene rings is 1. The second-order valence-electron chi connectivity index (χ2n) is 2.93. The summed E-state index contributed by atoms with van der Waals surface area (Å²) >= 11 is 0. The fourth-order valence-corrected chi connectivity index (χ4v) is 1.13. The van der Waals surface area contributed by atoms with Crippen molar-refractivity contribution in [2.75, 3.05) is 6.54 Å². The molecule has 0 spiro atoms. The summed E-state index contributed by atoms with van der Waals surface area (Å²) in [5.41, 5.74) is 1.03. The predicted octanol–water partition coefficient (Wildman–Crippen LogP) is 2.60. The largest absolute Gasteiger partial charge is 0.305 e. The van der Waals surface area contributed by atoms with E-state index in [9.17, 15) is 8.78 Å². The minimum absolute atomic E-state index is 0.0183. The molecule has 1 aromatic rings. The Bertz CT molecular complexity index is 236. The molecular weight excluding hydrogens is 172 g/mol. The van der Waals surface area contributed by atoms with Gasteiger partial charge in [0.05, 0.1) is 6.54 Å². The molecule has 0 amide bonds. The third-order valence-electron chi connectivity index (χ3n) is 1.88. The maximum absolute atomic E-state index is 11.8. The summed E-state index contributed by atoms with van der Waals surface area (Å²) in [6, 6.07) is 9.52. The van der Waals surface area contributed by atoms with Crippen molar-refractivity contribution >= 4 is 0 Å². The lowest BCUT2D eigenvalue weighted by Gasteiger charge is -2.13. The molecule has 0 heterocycles. The third kappa shape index (κ3) is 3.51. The molecule has 0 aliphatic carbocycles. The summed E-state index contributed by atoms with van der Waals surface area (Å²) in [5.74, 6) is 0. The smallest absolute Gasteiger partial charge is 0.250 e. The molecule has 0 aromatic heterocycles. The second-order valence-corrected chi connectivity index (χ2v) is 2.93. The van der Waals surface area contributed by atoms with Gasteiger partial charge in [0, 0.05) is 6.04 Å². The maximum atomic E-state index is 11.8. The number of halogens is 2. The van der Waals surface area contributed by atoms with Gasteiger partial charge >= 0.3 is 0 Å². The number of hydrogen-bond acceptors (Lipinski definition) is 1. The average Bonchev–Trinajstić information content (AvgIpc) is 2.15. The maximum Gasteiger partial charge on any atom is 0.250 e. The summed E-state index contributed by atoms with van der Waals surface area (Å²) in [6.45, 7) is 1.62. The molecule has 72 valence electrons. The number of nitrogens with one attached hydrogen (secondary N) is 1. The Morgan fingerprint density at radius 3 is 2.38 bits per heavy atom. The molecule has 1 nitrogen and oxygen atoms in total. The minimum atomic E-state index is -2.29. The first kappa shape index (κ1) is 10.1. The molecule has 3 heteroatoms. The molecule has 0 unspecified atom stereocenters. The van der Waals surface area contributed by atoms with E-state index in [-0.39, 0.29) is 12.6 Å². The van der Waals surface area contributed by atoms with Crippen molar-refractivity contribution in [2.45, 2.75) is 19.4 Å². The van der Waals surface area contributed by atoms with Crippen molar-refractivity contribution in [2.24, 2.45) is 0 Å². The lowest BCUT2D eigenvalue weighted by Crippen LogP contribution is -2.24. The van der Waals surface area contributed by atoms with Crippen LogP contribution in [0.1, 0.15) is 18.5 Å². The highest BCUT2D eigenvalue weighted by Crippen LogP contribution is 2.10. The van der Waals surface area contributed by atoms with Gasteiger partial charge in [-0.3, -0.25) is 0 Å². The van der Waals surface area contributed by atoms with Gasteiger partial charge in [-0.25, -0.2) is 8.78 Å². The van der Waals surface area contributed by atoms with Crippen molar-refractivity contribution in [3.05, 3.63) is 35.9 Å².